The molecule has 111 heavy (non-hydrogen) atoms. The number of ether oxygens (including phenoxy) is 4. The minimum atomic E-state index is -4.99. The van der Waals surface area contributed by atoms with Crippen molar-refractivity contribution in [3.05, 3.63) is 24.3 Å². The van der Waals surface area contributed by atoms with Gasteiger partial charge in [0.15, 0.2) is 0 Å². The van der Waals surface area contributed by atoms with Gasteiger partial charge in [-0.3, -0.25) is 33.3 Å². The van der Waals surface area contributed by atoms with E-state index in [9.17, 15) is 48.0 Å². The summed E-state index contributed by atoms with van der Waals surface area (Å²) in [4.78, 5) is 115. The number of carbonyl (C=O) groups is 6. The third-order valence-electron chi connectivity index (χ3n) is 19.2. The molecule has 640 valence electrons. The zero-order valence-corrected chi connectivity index (χ0v) is 77.7. The molecule has 0 spiro atoms. The number of phosphoric acid groups is 2. The first-order valence-electron chi connectivity index (χ1n) is 44.1. The molecule has 0 aliphatic heterocycles. The Morgan fingerprint density at radius 3 is 1.07 bits per heavy atom. The number of hydrogen-bond acceptors (Lipinski definition) is 18. The molecule has 0 aromatic carbocycles. The van der Waals surface area contributed by atoms with Gasteiger partial charge in [-0.15, -0.1) is 0 Å². The molecule has 0 heterocycles. The van der Waals surface area contributed by atoms with E-state index in [4.69, 9.17) is 37.0 Å². The van der Waals surface area contributed by atoms with Crippen LogP contribution in [0, 0.1) is 0 Å². The average Bonchev–Trinajstić information content (AvgIpc) is 0.926. The van der Waals surface area contributed by atoms with E-state index in [0.29, 0.717) is 64.2 Å². The van der Waals surface area contributed by atoms with Gasteiger partial charge in [-0.1, -0.05) is 284 Å². The number of carbonyl (C=O) groups excluding carboxylic acids is 6. The van der Waals surface area contributed by atoms with E-state index in [0.717, 1.165) is 128 Å². The Bertz CT molecular complexity index is 2270. The summed E-state index contributed by atoms with van der Waals surface area (Å²) in [6, 6.07) is -1.70. The van der Waals surface area contributed by atoms with Gasteiger partial charge in [0.05, 0.1) is 51.7 Å². The Morgan fingerprint density at radius 1 is 0.369 bits per heavy atom. The second-order valence-corrected chi connectivity index (χ2v) is 32.8. The molecule has 0 aromatic rings. The Kier molecular flexibility index (Phi) is 87.1. The van der Waals surface area contributed by atoms with Crippen molar-refractivity contribution in [1.29, 1.82) is 0 Å². The minimum Gasteiger partial charge on any atom is -0.756 e. The third kappa shape index (κ3) is 82.1. The zero-order chi connectivity index (χ0) is 80.0. The standard InChI is InChI=1S/C85H162N4O18P2.2Na/c1-7-13-19-25-29-33-35-39-41-47-53-59-80(90)88-76(72-100-67-63-78(57-51-45-23-17-11-5)106-84(94)61-55-49-43-37-31-27-21-15-9-3)74-104-108(96,97)102-69-65-86-82(92)71-83(93)87-66-70-103-109(98,99)105-75-77(89-81(91)60-54-48-42-40-36-34-30-26-20-14-8-2)73-101-68-64-79(58-52-46-24-18-12-6)107-85(95)62-56-50-44-38-32-28-22-16-10-4;;/h37-38,43-44,76-79H,7-36,39-42,45-75H2,1-6H3,(H,86,92)(H,87,93)(H,88,90)(H,89,91)(H,96,97)(H,98,99);;/q;2*+1/p-1/b43-37-,44-38-;;. The van der Waals surface area contributed by atoms with E-state index in [1.165, 1.54) is 141 Å². The fourth-order valence-electron chi connectivity index (χ4n) is 12.6. The molecule has 26 heteroatoms. The SMILES string of the molecule is CCCCCC/C=C\CCCC(=O)OC(CCCCCCC)CCOCC(COP(=O)([O-])OCCNC(=O)CC(=O)NCCO[P+]([O-])(O)OCC(COCCC(CCCCCCC)OC(=O)CCC/C=C\CCCCCC)NC(=O)CCCCCCCCCCCCC)NC(=O)CCCCCCCCCCCCC.[Na+].[Na+]. The zero-order valence-electron chi connectivity index (χ0n) is 71.9. The first kappa shape index (κ1) is 114. The Hall–Kier alpha value is -1.40. The van der Waals surface area contributed by atoms with Crippen LogP contribution in [0.25, 0.3) is 0 Å². The first-order chi connectivity index (χ1) is 52.9. The van der Waals surface area contributed by atoms with Crippen molar-refractivity contribution in [2.24, 2.45) is 0 Å². The van der Waals surface area contributed by atoms with Crippen molar-refractivity contribution in [2.75, 3.05) is 65.9 Å². The van der Waals surface area contributed by atoms with Crippen LogP contribution in [0.15, 0.2) is 24.3 Å². The van der Waals surface area contributed by atoms with Crippen LogP contribution in [0.1, 0.15) is 395 Å². The molecular formula is C85H161N4Na2O18P2+. The predicted octanol–water partition coefficient (Wildman–Crippen LogP) is 13.3. The van der Waals surface area contributed by atoms with E-state index in [1.54, 1.807) is 0 Å². The van der Waals surface area contributed by atoms with Crippen molar-refractivity contribution in [2.45, 2.75) is 419 Å². The summed E-state index contributed by atoms with van der Waals surface area (Å²) in [7, 11) is -9.73. The minimum absolute atomic E-state index is 0. The van der Waals surface area contributed by atoms with Crippen molar-refractivity contribution in [3.8, 4) is 0 Å². The quantitative estimate of drug-likeness (QED) is 0.00943. The molecule has 5 N–H and O–H groups in total. The van der Waals surface area contributed by atoms with E-state index >= 15 is 0 Å². The van der Waals surface area contributed by atoms with Crippen molar-refractivity contribution in [3.63, 3.8) is 0 Å². The van der Waals surface area contributed by atoms with Crippen LogP contribution in [0.5, 0.6) is 0 Å². The fourth-order valence-corrected chi connectivity index (χ4v) is 14.1. The van der Waals surface area contributed by atoms with Gasteiger partial charge in [0.1, 0.15) is 31.8 Å². The number of esters is 2. The van der Waals surface area contributed by atoms with Gasteiger partial charge >= 0.3 is 79.2 Å². The summed E-state index contributed by atoms with van der Waals surface area (Å²) in [6.45, 7) is 10.9. The number of hydrogen-bond donors (Lipinski definition) is 5. The molecule has 0 fully saturated rings. The first-order valence-corrected chi connectivity index (χ1v) is 47.1. The Balaban J connectivity index is -0.0000583. The number of nitrogens with one attached hydrogen (secondary N) is 4. The average molecular weight is 1640 g/mol. The van der Waals surface area contributed by atoms with Crippen LogP contribution in [0.3, 0.4) is 0 Å². The topological polar surface area (TPSA) is 308 Å². The van der Waals surface area contributed by atoms with Gasteiger partial charge in [-0.05, 0) is 89.9 Å². The number of allylic oxidation sites excluding steroid dienone is 4. The number of phosphoric ester groups is 2. The summed E-state index contributed by atoms with van der Waals surface area (Å²) >= 11 is 0. The molecule has 0 saturated carbocycles. The second kappa shape index (κ2) is 85.0. The molecule has 22 nitrogen and oxygen atoms in total. The maximum atomic E-state index is 13.3. The smallest absolute Gasteiger partial charge is 0.756 e. The largest absolute Gasteiger partial charge is 1.00 e. The summed E-state index contributed by atoms with van der Waals surface area (Å²) in [5.74, 6) is -2.52. The van der Waals surface area contributed by atoms with Crippen molar-refractivity contribution in [1.82, 2.24) is 21.3 Å². The molecule has 4 amide bonds. The summed E-state index contributed by atoms with van der Waals surface area (Å²) in [5.41, 5.74) is 0. The monoisotopic (exact) mass is 1630 g/mol. The molecule has 0 aliphatic rings. The molecule has 6 unspecified atom stereocenters. The van der Waals surface area contributed by atoms with E-state index in [1.807, 2.05) is 0 Å². The number of amides is 4. The third-order valence-corrected chi connectivity index (χ3v) is 21.2. The van der Waals surface area contributed by atoms with Gasteiger partial charge in [0.25, 0.3) is 7.82 Å². The van der Waals surface area contributed by atoms with E-state index < -0.39 is 72.7 Å². The molecular weight excluding hydrogens is 1470 g/mol. The van der Waals surface area contributed by atoms with Crippen LogP contribution >= 0.6 is 16.0 Å². The van der Waals surface area contributed by atoms with Gasteiger partial charge in [-0.25, -0.2) is 0 Å². The van der Waals surface area contributed by atoms with Gasteiger partial charge in [0.2, 0.25) is 23.6 Å². The van der Waals surface area contributed by atoms with Crippen molar-refractivity contribution >= 4 is 51.6 Å². The van der Waals surface area contributed by atoms with E-state index in [-0.39, 0.29) is 147 Å². The summed E-state index contributed by atoms with van der Waals surface area (Å²) < 4.78 is 57.9. The second-order valence-electron chi connectivity index (χ2n) is 29.9. The van der Waals surface area contributed by atoms with Crippen LogP contribution in [0.4, 0.5) is 0 Å². The summed E-state index contributed by atoms with van der Waals surface area (Å²) in [5, 5.41) is 10.6. The van der Waals surface area contributed by atoms with Crippen LogP contribution in [-0.4, -0.2) is 131 Å². The maximum Gasteiger partial charge on any atom is 1.00 e. The molecule has 0 rings (SSSR count). The van der Waals surface area contributed by atoms with Gasteiger partial charge in [0, 0.05) is 51.6 Å². The van der Waals surface area contributed by atoms with Crippen LogP contribution in [0.2, 0.25) is 0 Å². The predicted molar refractivity (Wildman–Crippen MR) is 438 cm³/mol. The normalized spacial score (nSPS) is 13.7. The molecule has 0 aliphatic carbocycles. The molecule has 6 atom stereocenters. The number of unbranched alkanes of at least 4 members (excludes halogenated alkanes) is 38. The molecule has 0 radical (unpaired) electrons. The van der Waals surface area contributed by atoms with Gasteiger partial charge in [-0.2, -0.15) is 13.9 Å². The van der Waals surface area contributed by atoms with Crippen LogP contribution in [-0.2, 0) is 70.4 Å². The Labute approximate surface area is 720 Å². The van der Waals surface area contributed by atoms with Gasteiger partial charge < -0.3 is 59.0 Å². The van der Waals surface area contributed by atoms with Crippen LogP contribution < -0.4 is 90.2 Å². The molecule has 0 saturated heterocycles. The Morgan fingerprint density at radius 2 is 0.694 bits per heavy atom. The van der Waals surface area contributed by atoms with Crippen molar-refractivity contribution < 1.29 is 144 Å². The molecule has 0 bridgehead atoms. The van der Waals surface area contributed by atoms with E-state index in [2.05, 4.69) is 87.1 Å². The fraction of sp³-hybridized carbons (Fsp3) is 0.882. The molecule has 0 aromatic heterocycles. The maximum absolute atomic E-state index is 13.3. The summed E-state index contributed by atoms with van der Waals surface area (Å²) in [6.07, 6.45) is 61.1. The number of rotatable bonds is 84.